The molecule has 0 heterocycles. The van der Waals surface area contributed by atoms with Gasteiger partial charge in [0.15, 0.2) is 6.29 Å². The van der Waals surface area contributed by atoms with Crippen LogP contribution in [0, 0.1) is 5.92 Å². The zero-order chi connectivity index (χ0) is 23.3. The van der Waals surface area contributed by atoms with E-state index in [1.807, 2.05) is 0 Å². The fourth-order valence-corrected chi connectivity index (χ4v) is 4.23. The lowest BCUT2D eigenvalue weighted by Gasteiger charge is -2.27. The van der Waals surface area contributed by atoms with Gasteiger partial charge in [-0.25, -0.2) is 9.59 Å². The molecule has 0 aliphatic heterocycles. The van der Waals surface area contributed by atoms with Gasteiger partial charge in [-0.15, -0.1) is 0 Å². The summed E-state index contributed by atoms with van der Waals surface area (Å²) in [5.41, 5.74) is 0.662. The van der Waals surface area contributed by atoms with E-state index in [1.165, 1.54) is 24.3 Å². The average Bonchev–Trinajstić information content (AvgIpc) is 2.79. The smallest absolute Gasteiger partial charge is 0.338 e. The highest BCUT2D eigenvalue weighted by atomic mass is 16.5. The van der Waals surface area contributed by atoms with Gasteiger partial charge in [-0.3, -0.25) is 9.59 Å². The lowest BCUT2D eigenvalue weighted by molar-refractivity contribution is 0.0517. The minimum absolute atomic E-state index is 0.0405. The quantitative estimate of drug-likeness (QED) is 0.510. The van der Waals surface area contributed by atoms with E-state index in [1.54, 1.807) is 13.8 Å². The highest BCUT2D eigenvalue weighted by Gasteiger charge is 2.26. The van der Waals surface area contributed by atoms with Gasteiger partial charge < -0.3 is 14.8 Å². The van der Waals surface area contributed by atoms with Gasteiger partial charge in [0.2, 0.25) is 0 Å². The molecule has 7 nitrogen and oxygen atoms in total. The number of amides is 1. The fourth-order valence-electron chi connectivity index (χ4n) is 4.23. The number of ether oxygens (including phenoxy) is 2. The Morgan fingerprint density at radius 2 is 1.41 bits per heavy atom. The summed E-state index contributed by atoms with van der Waals surface area (Å²) in [6.07, 6.45) is 4.45. The van der Waals surface area contributed by atoms with Crippen LogP contribution in [0.5, 0.6) is 0 Å². The number of esters is 2. The summed E-state index contributed by atoms with van der Waals surface area (Å²) in [4.78, 5) is 50.4. The number of aldehydes is 1. The first kappa shape index (κ1) is 23.4. The summed E-state index contributed by atoms with van der Waals surface area (Å²) in [6.45, 7) is 5.86. The number of nitrogens with one attached hydrogen (secondary N) is 1. The van der Waals surface area contributed by atoms with E-state index in [2.05, 4.69) is 12.2 Å². The van der Waals surface area contributed by atoms with Crippen LogP contribution in [0.1, 0.15) is 87.9 Å². The van der Waals surface area contributed by atoms with E-state index < -0.39 is 11.9 Å². The Labute approximate surface area is 187 Å². The van der Waals surface area contributed by atoms with E-state index in [0.717, 1.165) is 25.7 Å². The second-order valence-electron chi connectivity index (χ2n) is 8.10. The highest BCUT2D eigenvalue weighted by Crippen LogP contribution is 2.31. The molecule has 0 atom stereocenters. The number of carbonyl (C=O) groups is 4. The van der Waals surface area contributed by atoms with E-state index in [-0.39, 0.29) is 58.2 Å². The normalized spacial score (nSPS) is 18.1. The molecule has 0 spiro atoms. The topological polar surface area (TPSA) is 98.8 Å². The minimum Gasteiger partial charge on any atom is -0.462 e. The summed E-state index contributed by atoms with van der Waals surface area (Å²) < 4.78 is 10.3. The fraction of sp³-hybridized carbons (Fsp3) is 0.440. The Balaban J connectivity index is 2.18. The van der Waals surface area contributed by atoms with Crippen LogP contribution in [-0.2, 0) is 9.47 Å². The molecule has 1 aliphatic rings. The first-order chi connectivity index (χ1) is 15.4. The average molecular weight is 440 g/mol. The lowest BCUT2D eigenvalue weighted by atomic mass is 9.87. The molecule has 1 N–H and O–H groups in total. The predicted octanol–water partition coefficient (Wildman–Crippen LogP) is 4.31. The monoisotopic (exact) mass is 439 g/mol. The first-order valence-corrected chi connectivity index (χ1v) is 11.1. The Bertz CT molecular complexity index is 1040. The van der Waals surface area contributed by atoms with Gasteiger partial charge in [0.25, 0.3) is 5.91 Å². The molecule has 2 aromatic carbocycles. The van der Waals surface area contributed by atoms with Crippen LogP contribution >= 0.6 is 0 Å². The summed E-state index contributed by atoms with van der Waals surface area (Å²) >= 11 is 0. The Morgan fingerprint density at radius 3 is 1.97 bits per heavy atom. The van der Waals surface area contributed by atoms with Crippen molar-refractivity contribution in [2.45, 2.75) is 52.5 Å². The molecule has 3 rings (SSSR count). The van der Waals surface area contributed by atoms with Crippen molar-refractivity contribution in [1.82, 2.24) is 5.32 Å². The summed E-state index contributed by atoms with van der Waals surface area (Å²) in [7, 11) is 0. The van der Waals surface area contributed by atoms with Crippen LogP contribution in [0.25, 0.3) is 10.8 Å². The van der Waals surface area contributed by atoms with Crippen molar-refractivity contribution in [2.24, 2.45) is 5.92 Å². The molecule has 0 radical (unpaired) electrons. The van der Waals surface area contributed by atoms with Crippen LogP contribution < -0.4 is 5.32 Å². The molecule has 1 saturated carbocycles. The van der Waals surface area contributed by atoms with Crippen LogP contribution in [0.4, 0.5) is 0 Å². The number of rotatable bonds is 7. The van der Waals surface area contributed by atoms with Crippen LogP contribution in [-0.4, -0.2) is 43.4 Å². The third kappa shape index (κ3) is 4.82. The molecule has 170 valence electrons. The van der Waals surface area contributed by atoms with E-state index in [9.17, 15) is 19.2 Å². The van der Waals surface area contributed by atoms with E-state index >= 15 is 0 Å². The van der Waals surface area contributed by atoms with Gasteiger partial charge >= 0.3 is 11.9 Å². The zero-order valence-electron chi connectivity index (χ0n) is 18.7. The molecule has 1 fully saturated rings. The highest BCUT2D eigenvalue weighted by molar-refractivity contribution is 6.21. The molecular formula is C25H29NO6. The Hall–Kier alpha value is -3.22. The second-order valence-corrected chi connectivity index (χ2v) is 8.10. The summed E-state index contributed by atoms with van der Waals surface area (Å²) in [5.74, 6) is -0.969. The van der Waals surface area contributed by atoms with Gasteiger partial charge in [-0.1, -0.05) is 13.0 Å². The third-order valence-corrected chi connectivity index (χ3v) is 5.91. The first-order valence-electron chi connectivity index (χ1n) is 11.1. The molecule has 1 amide bonds. The van der Waals surface area contributed by atoms with Crippen molar-refractivity contribution < 1.29 is 28.7 Å². The number of benzene rings is 2. The molecule has 0 saturated heterocycles. The predicted molar refractivity (Wildman–Crippen MR) is 120 cm³/mol. The van der Waals surface area contributed by atoms with Gasteiger partial charge in [-0.2, -0.15) is 0 Å². The van der Waals surface area contributed by atoms with Gasteiger partial charge in [0.1, 0.15) is 0 Å². The molecule has 1 aliphatic carbocycles. The maximum atomic E-state index is 13.3. The summed E-state index contributed by atoms with van der Waals surface area (Å²) in [6, 6.07) is 5.93. The van der Waals surface area contributed by atoms with Crippen molar-refractivity contribution in [3.63, 3.8) is 0 Å². The van der Waals surface area contributed by atoms with Crippen LogP contribution in [0.3, 0.4) is 0 Å². The standard InChI is InChI=1S/C25H29NO6/c1-4-31-24(29)19-13-12-18(23(28)26-17-9-6-15(3)7-10-17)22-20(25(30)32-5-2)11-8-16(14-27)21(19)22/h8,11-15,17H,4-7,9-10H2,1-3H3,(H,26,28). The van der Waals surface area contributed by atoms with Crippen LogP contribution in [0.2, 0.25) is 0 Å². The summed E-state index contributed by atoms with van der Waals surface area (Å²) in [5, 5.41) is 3.50. The van der Waals surface area contributed by atoms with Crippen molar-refractivity contribution in [3.05, 3.63) is 46.5 Å². The third-order valence-electron chi connectivity index (χ3n) is 5.91. The number of hydrogen-bond donors (Lipinski definition) is 1. The molecule has 0 unspecified atom stereocenters. The maximum Gasteiger partial charge on any atom is 0.338 e. The van der Waals surface area contributed by atoms with Crippen molar-refractivity contribution in [2.75, 3.05) is 13.2 Å². The van der Waals surface area contributed by atoms with Crippen molar-refractivity contribution in [1.29, 1.82) is 0 Å². The zero-order valence-corrected chi connectivity index (χ0v) is 18.7. The molecule has 32 heavy (non-hydrogen) atoms. The lowest BCUT2D eigenvalue weighted by Crippen LogP contribution is -2.37. The van der Waals surface area contributed by atoms with Gasteiger partial charge in [0.05, 0.1) is 24.3 Å². The van der Waals surface area contributed by atoms with Gasteiger partial charge in [0, 0.05) is 27.9 Å². The minimum atomic E-state index is -0.630. The van der Waals surface area contributed by atoms with Crippen LogP contribution in [0.15, 0.2) is 24.3 Å². The van der Waals surface area contributed by atoms with Crippen molar-refractivity contribution in [3.8, 4) is 0 Å². The molecule has 7 heteroatoms. The number of hydrogen-bond acceptors (Lipinski definition) is 6. The van der Waals surface area contributed by atoms with Gasteiger partial charge in [-0.05, 0) is 63.6 Å². The second kappa shape index (κ2) is 10.4. The molecule has 0 bridgehead atoms. The molecular weight excluding hydrogens is 410 g/mol. The Kier molecular flexibility index (Phi) is 7.62. The molecule has 2 aromatic rings. The molecule has 0 aromatic heterocycles. The largest absolute Gasteiger partial charge is 0.462 e. The van der Waals surface area contributed by atoms with Crippen molar-refractivity contribution >= 4 is 34.9 Å². The number of carbonyl (C=O) groups excluding carboxylic acids is 4. The SMILES string of the molecule is CCOC(=O)c1ccc(C(=O)NC2CCC(C)CC2)c2c(C(=O)OCC)ccc(C=O)c12. The maximum absolute atomic E-state index is 13.3. The Morgan fingerprint density at radius 1 is 0.875 bits per heavy atom. The van der Waals surface area contributed by atoms with E-state index in [0.29, 0.717) is 12.2 Å². The number of fused-ring (bicyclic) bond motifs is 1. The van der Waals surface area contributed by atoms with E-state index in [4.69, 9.17) is 9.47 Å².